The lowest BCUT2D eigenvalue weighted by Gasteiger charge is -2.26. The molecule has 1 saturated heterocycles. The van der Waals surface area contributed by atoms with Crippen molar-refractivity contribution in [1.82, 2.24) is 0 Å². The van der Waals surface area contributed by atoms with Crippen molar-refractivity contribution in [2.75, 3.05) is 17.8 Å². The molecule has 3 nitrogen and oxygen atoms in total. The maximum Gasteiger partial charge on any atom is 0.147 e. The highest BCUT2D eigenvalue weighted by Gasteiger charge is 2.21. The zero-order valence-corrected chi connectivity index (χ0v) is 10.2. The van der Waals surface area contributed by atoms with Crippen molar-refractivity contribution in [1.29, 1.82) is 0 Å². The Labute approximate surface area is 90.7 Å². The minimum absolute atomic E-state index is 0.0509. The third-order valence-corrected chi connectivity index (χ3v) is 5.03. The fourth-order valence-electron chi connectivity index (χ4n) is 1.64. The van der Waals surface area contributed by atoms with E-state index in [1.165, 1.54) is 24.9 Å². The summed E-state index contributed by atoms with van der Waals surface area (Å²) in [4.78, 5) is 0. The molecule has 2 atom stereocenters. The second-order valence-electron chi connectivity index (χ2n) is 3.99. The quantitative estimate of drug-likeness (QED) is 0.793. The van der Waals surface area contributed by atoms with Gasteiger partial charge in [-0.2, -0.15) is 11.8 Å². The van der Waals surface area contributed by atoms with Crippen LogP contribution < -0.4 is 5.73 Å². The van der Waals surface area contributed by atoms with Gasteiger partial charge in [0.25, 0.3) is 0 Å². The third kappa shape index (κ3) is 4.66. The van der Waals surface area contributed by atoms with E-state index in [2.05, 4.69) is 0 Å². The summed E-state index contributed by atoms with van der Waals surface area (Å²) in [6.07, 6.45) is 5.55. The van der Waals surface area contributed by atoms with Gasteiger partial charge in [-0.3, -0.25) is 0 Å². The average molecular weight is 237 g/mol. The van der Waals surface area contributed by atoms with Crippen molar-refractivity contribution in [3.05, 3.63) is 0 Å². The lowest BCUT2D eigenvalue weighted by Crippen LogP contribution is -2.35. The number of nitrogens with two attached hydrogens (primary N) is 1. The molecule has 1 fully saturated rings. The van der Waals surface area contributed by atoms with Gasteiger partial charge in [0.15, 0.2) is 0 Å². The molecule has 1 aliphatic rings. The first-order chi connectivity index (χ1) is 6.49. The van der Waals surface area contributed by atoms with Crippen LogP contribution in [0.2, 0.25) is 0 Å². The van der Waals surface area contributed by atoms with Crippen LogP contribution in [0.5, 0.6) is 0 Å². The summed E-state index contributed by atoms with van der Waals surface area (Å²) in [6, 6.07) is 0.0509. The van der Waals surface area contributed by atoms with Gasteiger partial charge in [0.2, 0.25) is 0 Å². The second kappa shape index (κ2) is 5.37. The summed E-state index contributed by atoms with van der Waals surface area (Å²) >= 11 is 1.90. The summed E-state index contributed by atoms with van der Waals surface area (Å²) in [5.74, 6) is 1.41. The SMILES string of the molecule is CS(=O)(=O)CCC(N)C1CCCCS1. The van der Waals surface area contributed by atoms with E-state index in [4.69, 9.17) is 5.73 Å². The van der Waals surface area contributed by atoms with Crippen LogP contribution in [0.25, 0.3) is 0 Å². The summed E-state index contributed by atoms with van der Waals surface area (Å²) in [7, 11) is -2.85. The van der Waals surface area contributed by atoms with Crippen LogP contribution in [0.3, 0.4) is 0 Å². The molecule has 0 aromatic rings. The van der Waals surface area contributed by atoms with Gasteiger partial charge in [0.1, 0.15) is 9.84 Å². The first-order valence-electron chi connectivity index (χ1n) is 5.04. The molecule has 0 spiro atoms. The molecule has 1 aliphatic heterocycles. The van der Waals surface area contributed by atoms with Crippen LogP contribution in [-0.2, 0) is 9.84 Å². The van der Waals surface area contributed by atoms with E-state index in [-0.39, 0.29) is 11.8 Å². The molecule has 0 aromatic heterocycles. The minimum Gasteiger partial charge on any atom is -0.327 e. The molecule has 0 aromatic carbocycles. The Balaban J connectivity index is 2.30. The Hall–Kier alpha value is 0.260. The topological polar surface area (TPSA) is 60.2 Å². The molecule has 1 rings (SSSR count). The van der Waals surface area contributed by atoms with Gasteiger partial charge in [-0.1, -0.05) is 6.42 Å². The average Bonchev–Trinajstić information content (AvgIpc) is 2.14. The van der Waals surface area contributed by atoms with Crippen molar-refractivity contribution < 1.29 is 8.42 Å². The van der Waals surface area contributed by atoms with E-state index in [9.17, 15) is 8.42 Å². The van der Waals surface area contributed by atoms with Crippen molar-refractivity contribution >= 4 is 21.6 Å². The molecule has 84 valence electrons. The van der Waals surface area contributed by atoms with E-state index in [1.54, 1.807) is 0 Å². The van der Waals surface area contributed by atoms with Crippen molar-refractivity contribution in [3.63, 3.8) is 0 Å². The molecule has 1 heterocycles. The first kappa shape index (κ1) is 12.3. The molecule has 2 unspecified atom stereocenters. The largest absolute Gasteiger partial charge is 0.327 e. The highest BCUT2D eigenvalue weighted by atomic mass is 32.2. The normalized spacial score (nSPS) is 26.0. The zero-order valence-electron chi connectivity index (χ0n) is 8.61. The second-order valence-corrected chi connectivity index (χ2v) is 7.59. The maximum atomic E-state index is 11.0. The van der Waals surface area contributed by atoms with Crippen LogP contribution in [0.15, 0.2) is 0 Å². The Kier molecular flexibility index (Phi) is 4.73. The Morgan fingerprint density at radius 3 is 2.71 bits per heavy atom. The number of hydrogen-bond acceptors (Lipinski definition) is 4. The first-order valence-corrected chi connectivity index (χ1v) is 8.15. The van der Waals surface area contributed by atoms with Gasteiger partial charge >= 0.3 is 0 Å². The molecule has 14 heavy (non-hydrogen) atoms. The number of thioether (sulfide) groups is 1. The van der Waals surface area contributed by atoms with Crippen LogP contribution in [0, 0.1) is 0 Å². The molecular formula is C9H19NO2S2. The van der Waals surface area contributed by atoms with Gasteiger partial charge in [-0.15, -0.1) is 0 Å². The Morgan fingerprint density at radius 1 is 1.50 bits per heavy atom. The molecule has 0 aliphatic carbocycles. The smallest absolute Gasteiger partial charge is 0.147 e. The predicted octanol–water partition coefficient (Wildman–Crippen LogP) is 1.03. The van der Waals surface area contributed by atoms with Gasteiger partial charge in [-0.25, -0.2) is 8.42 Å². The minimum atomic E-state index is -2.85. The molecule has 0 radical (unpaired) electrons. The van der Waals surface area contributed by atoms with Crippen molar-refractivity contribution in [2.45, 2.75) is 37.0 Å². The van der Waals surface area contributed by atoms with Crippen LogP contribution in [-0.4, -0.2) is 37.5 Å². The summed E-state index contributed by atoms with van der Waals surface area (Å²) in [5.41, 5.74) is 5.97. The molecular weight excluding hydrogens is 218 g/mol. The van der Waals surface area contributed by atoms with Gasteiger partial charge < -0.3 is 5.73 Å². The molecule has 0 saturated carbocycles. The lowest BCUT2D eigenvalue weighted by molar-refractivity contribution is 0.542. The maximum absolute atomic E-state index is 11.0. The van der Waals surface area contributed by atoms with Crippen LogP contribution >= 0.6 is 11.8 Å². The standard InChI is InChI=1S/C9H19NO2S2/c1-14(11,12)7-5-8(10)9-4-2-3-6-13-9/h8-9H,2-7,10H2,1H3. The van der Waals surface area contributed by atoms with Crippen LogP contribution in [0.1, 0.15) is 25.7 Å². The summed E-state index contributed by atoms with van der Waals surface area (Å²) < 4.78 is 21.9. The van der Waals surface area contributed by atoms with E-state index >= 15 is 0 Å². The Morgan fingerprint density at radius 2 is 2.21 bits per heavy atom. The van der Waals surface area contributed by atoms with E-state index in [0.29, 0.717) is 11.7 Å². The summed E-state index contributed by atoms with van der Waals surface area (Å²) in [6.45, 7) is 0. The predicted molar refractivity (Wildman–Crippen MR) is 62.4 cm³/mol. The van der Waals surface area contributed by atoms with E-state index in [0.717, 1.165) is 6.42 Å². The van der Waals surface area contributed by atoms with E-state index in [1.807, 2.05) is 11.8 Å². The number of rotatable bonds is 4. The summed E-state index contributed by atoms with van der Waals surface area (Å²) in [5, 5.41) is 0.477. The highest BCUT2D eigenvalue weighted by Crippen LogP contribution is 2.27. The zero-order chi connectivity index (χ0) is 10.6. The molecule has 0 amide bonds. The number of hydrogen-bond donors (Lipinski definition) is 1. The molecule has 0 bridgehead atoms. The van der Waals surface area contributed by atoms with Gasteiger partial charge in [-0.05, 0) is 25.0 Å². The van der Waals surface area contributed by atoms with Gasteiger partial charge in [0, 0.05) is 17.5 Å². The molecule has 2 N–H and O–H groups in total. The van der Waals surface area contributed by atoms with Crippen LogP contribution in [0.4, 0.5) is 0 Å². The van der Waals surface area contributed by atoms with Crippen molar-refractivity contribution in [3.8, 4) is 0 Å². The highest BCUT2D eigenvalue weighted by molar-refractivity contribution is 8.00. The van der Waals surface area contributed by atoms with Gasteiger partial charge in [0.05, 0.1) is 5.75 Å². The van der Waals surface area contributed by atoms with Crippen molar-refractivity contribution in [2.24, 2.45) is 5.73 Å². The van der Waals surface area contributed by atoms with E-state index < -0.39 is 9.84 Å². The fraction of sp³-hybridized carbons (Fsp3) is 1.00. The number of sulfone groups is 1. The monoisotopic (exact) mass is 237 g/mol. The lowest BCUT2D eigenvalue weighted by atomic mass is 10.1. The third-order valence-electron chi connectivity index (χ3n) is 2.51. The molecule has 5 heteroatoms. The Bertz CT molecular complexity index is 258. The fourth-order valence-corrected chi connectivity index (χ4v) is 3.73.